The molecular weight excluding hydrogens is 184 g/mol. The first-order chi connectivity index (χ1) is 6.29. The highest BCUT2D eigenvalue weighted by molar-refractivity contribution is 6.31. The van der Waals surface area contributed by atoms with Crippen LogP contribution in [0.25, 0.3) is 17.0 Å². The average Bonchev–Trinajstić information content (AvgIpc) is 2.17. The molecule has 0 unspecified atom stereocenters. The molecule has 0 saturated heterocycles. The largest absolute Gasteiger partial charge is 0.256 e. The van der Waals surface area contributed by atoms with Crippen molar-refractivity contribution in [3.63, 3.8) is 0 Å². The summed E-state index contributed by atoms with van der Waals surface area (Å²) in [7, 11) is 0. The van der Waals surface area contributed by atoms with Crippen molar-refractivity contribution < 1.29 is 0 Å². The molecule has 0 atom stereocenters. The van der Waals surface area contributed by atoms with Gasteiger partial charge in [0.1, 0.15) is 0 Å². The summed E-state index contributed by atoms with van der Waals surface area (Å²) < 4.78 is 0. The molecule has 2 rings (SSSR count). The molecule has 0 bridgehead atoms. The fourth-order valence-electron chi connectivity index (χ4n) is 1.12. The van der Waals surface area contributed by atoms with Gasteiger partial charge in [0.05, 0.1) is 16.2 Å². The molecule has 2 aromatic heterocycles. The van der Waals surface area contributed by atoms with E-state index in [1.54, 1.807) is 18.5 Å². The van der Waals surface area contributed by atoms with Crippen LogP contribution in [0.15, 0.2) is 31.1 Å². The van der Waals surface area contributed by atoms with E-state index in [0.717, 1.165) is 16.6 Å². The number of aromatic nitrogens is 2. The van der Waals surface area contributed by atoms with Crippen molar-refractivity contribution in [1.82, 2.24) is 9.97 Å². The van der Waals surface area contributed by atoms with Gasteiger partial charge in [0.2, 0.25) is 0 Å². The molecule has 13 heavy (non-hydrogen) atoms. The molecule has 0 aliphatic carbocycles. The van der Waals surface area contributed by atoms with Crippen molar-refractivity contribution in [3.05, 3.63) is 41.8 Å². The third-order valence-corrected chi connectivity index (χ3v) is 1.97. The van der Waals surface area contributed by atoms with E-state index in [9.17, 15) is 0 Å². The predicted molar refractivity (Wildman–Crippen MR) is 54.6 cm³/mol. The molecule has 0 saturated carbocycles. The maximum absolute atomic E-state index is 5.78. The number of pyridine rings is 2. The predicted octanol–water partition coefficient (Wildman–Crippen LogP) is 2.93. The van der Waals surface area contributed by atoms with E-state index in [4.69, 9.17) is 11.6 Å². The quantitative estimate of drug-likeness (QED) is 0.691. The van der Waals surface area contributed by atoms with Crippen molar-refractivity contribution in [2.75, 3.05) is 0 Å². The number of nitrogens with zero attached hydrogens (tertiary/aromatic N) is 2. The van der Waals surface area contributed by atoms with Crippen molar-refractivity contribution in [3.8, 4) is 0 Å². The lowest BCUT2D eigenvalue weighted by molar-refractivity contribution is 1.30. The van der Waals surface area contributed by atoms with Crippen molar-refractivity contribution in [1.29, 1.82) is 0 Å². The number of rotatable bonds is 1. The van der Waals surface area contributed by atoms with Gasteiger partial charge in [-0.3, -0.25) is 9.97 Å². The maximum atomic E-state index is 5.78. The fourth-order valence-corrected chi connectivity index (χ4v) is 1.29. The number of fused-ring (bicyclic) bond motifs is 1. The van der Waals surface area contributed by atoms with Crippen LogP contribution >= 0.6 is 11.6 Å². The van der Waals surface area contributed by atoms with Gasteiger partial charge >= 0.3 is 0 Å². The van der Waals surface area contributed by atoms with E-state index in [1.165, 1.54) is 0 Å². The van der Waals surface area contributed by atoms with Crippen LogP contribution in [0.2, 0.25) is 5.02 Å². The lowest BCUT2D eigenvalue weighted by Crippen LogP contribution is -1.83. The number of hydrogen-bond donors (Lipinski definition) is 0. The third-order valence-electron chi connectivity index (χ3n) is 1.76. The topological polar surface area (TPSA) is 25.8 Å². The molecule has 64 valence electrons. The standard InChI is InChI=1S/C10H7ClN2/c1-2-9-4-10-7(5-12-9)3-8(11)6-13-10/h2-6H,1H2. The molecule has 0 amide bonds. The summed E-state index contributed by atoms with van der Waals surface area (Å²) in [6.45, 7) is 3.64. The Bertz CT molecular complexity index is 465. The molecular formula is C10H7ClN2. The first kappa shape index (κ1) is 8.20. The molecule has 0 aliphatic heterocycles. The SMILES string of the molecule is C=Cc1cc2ncc(Cl)cc2cn1. The minimum absolute atomic E-state index is 0.626. The Morgan fingerprint density at radius 1 is 1.23 bits per heavy atom. The van der Waals surface area contributed by atoms with Gasteiger partial charge in [0, 0.05) is 17.8 Å². The molecule has 0 aromatic carbocycles. The Morgan fingerprint density at radius 2 is 2.08 bits per heavy atom. The number of halogens is 1. The minimum Gasteiger partial charge on any atom is -0.256 e. The normalized spacial score (nSPS) is 10.2. The van der Waals surface area contributed by atoms with Crippen molar-refractivity contribution in [2.24, 2.45) is 0 Å². The van der Waals surface area contributed by atoms with Crippen LogP contribution in [-0.2, 0) is 0 Å². The maximum Gasteiger partial charge on any atom is 0.0740 e. The zero-order valence-electron chi connectivity index (χ0n) is 6.87. The summed E-state index contributed by atoms with van der Waals surface area (Å²) in [6.07, 6.45) is 5.05. The third kappa shape index (κ3) is 1.53. The second kappa shape index (κ2) is 3.15. The monoisotopic (exact) mass is 190 g/mol. The summed E-state index contributed by atoms with van der Waals surface area (Å²) in [5.74, 6) is 0. The Labute approximate surface area is 80.9 Å². The Morgan fingerprint density at radius 3 is 2.85 bits per heavy atom. The van der Waals surface area contributed by atoms with Gasteiger partial charge in [-0.05, 0) is 18.2 Å². The second-order valence-corrected chi connectivity index (χ2v) is 3.10. The van der Waals surface area contributed by atoms with Crippen LogP contribution < -0.4 is 0 Å². The van der Waals surface area contributed by atoms with Crippen LogP contribution in [0.5, 0.6) is 0 Å². The fraction of sp³-hybridized carbons (Fsp3) is 0. The Balaban J connectivity index is 2.73. The van der Waals surface area contributed by atoms with E-state index >= 15 is 0 Å². The highest BCUT2D eigenvalue weighted by atomic mass is 35.5. The lowest BCUT2D eigenvalue weighted by atomic mass is 10.2. The molecule has 0 N–H and O–H groups in total. The van der Waals surface area contributed by atoms with E-state index < -0.39 is 0 Å². The Kier molecular flexibility index (Phi) is 1.99. The molecule has 0 radical (unpaired) electrons. The first-order valence-electron chi connectivity index (χ1n) is 3.83. The van der Waals surface area contributed by atoms with Gasteiger partial charge in [-0.2, -0.15) is 0 Å². The van der Waals surface area contributed by atoms with Crippen LogP contribution in [0.4, 0.5) is 0 Å². The summed E-state index contributed by atoms with van der Waals surface area (Å²) in [4.78, 5) is 8.32. The highest BCUT2D eigenvalue weighted by Crippen LogP contribution is 2.16. The number of hydrogen-bond acceptors (Lipinski definition) is 2. The van der Waals surface area contributed by atoms with Crippen LogP contribution in [0.3, 0.4) is 0 Å². The minimum atomic E-state index is 0.626. The molecule has 2 heterocycles. The van der Waals surface area contributed by atoms with E-state index in [0.29, 0.717) is 5.02 Å². The van der Waals surface area contributed by atoms with Crippen molar-refractivity contribution >= 4 is 28.6 Å². The molecule has 0 aliphatic rings. The summed E-state index contributed by atoms with van der Waals surface area (Å²) in [5, 5.41) is 1.57. The van der Waals surface area contributed by atoms with Crippen LogP contribution in [0.1, 0.15) is 5.69 Å². The zero-order chi connectivity index (χ0) is 9.26. The van der Waals surface area contributed by atoms with Gasteiger partial charge in [-0.15, -0.1) is 0 Å². The molecule has 2 aromatic rings. The van der Waals surface area contributed by atoms with Gasteiger partial charge in [0.15, 0.2) is 0 Å². The first-order valence-corrected chi connectivity index (χ1v) is 4.21. The Hall–Kier alpha value is -1.41. The average molecular weight is 191 g/mol. The zero-order valence-corrected chi connectivity index (χ0v) is 7.62. The van der Waals surface area contributed by atoms with E-state index in [-0.39, 0.29) is 0 Å². The van der Waals surface area contributed by atoms with Crippen LogP contribution in [0, 0.1) is 0 Å². The van der Waals surface area contributed by atoms with Gasteiger partial charge in [-0.1, -0.05) is 18.2 Å². The molecule has 0 spiro atoms. The lowest BCUT2D eigenvalue weighted by Gasteiger charge is -1.97. The van der Waals surface area contributed by atoms with E-state index in [1.807, 2.05) is 12.1 Å². The highest BCUT2D eigenvalue weighted by Gasteiger charge is 1.97. The summed E-state index contributed by atoms with van der Waals surface area (Å²) in [6, 6.07) is 3.71. The van der Waals surface area contributed by atoms with Crippen LogP contribution in [-0.4, -0.2) is 9.97 Å². The molecule has 0 fully saturated rings. The van der Waals surface area contributed by atoms with Gasteiger partial charge < -0.3 is 0 Å². The summed E-state index contributed by atoms with van der Waals surface area (Å²) in [5.41, 5.74) is 1.71. The second-order valence-electron chi connectivity index (χ2n) is 2.66. The van der Waals surface area contributed by atoms with Crippen molar-refractivity contribution in [2.45, 2.75) is 0 Å². The van der Waals surface area contributed by atoms with Gasteiger partial charge in [-0.25, -0.2) is 0 Å². The molecule has 3 heteroatoms. The summed E-state index contributed by atoms with van der Waals surface area (Å²) >= 11 is 5.78. The molecule has 2 nitrogen and oxygen atoms in total. The van der Waals surface area contributed by atoms with Gasteiger partial charge in [0.25, 0.3) is 0 Å². The van der Waals surface area contributed by atoms with E-state index in [2.05, 4.69) is 16.5 Å². The smallest absolute Gasteiger partial charge is 0.0740 e.